The van der Waals surface area contributed by atoms with Crippen molar-refractivity contribution in [2.75, 3.05) is 0 Å². The van der Waals surface area contributed by atoms with Gasteiger partial charge in [-0.05, 0) is 49.9 Å². The van der Waals surface area contributed by atoms with Crippen LogP contribution in [0.4, 0.5) is 4.39 Å². The van der Waals surface area contributed by atoms with E-state index in [0.717, 1.165) is 29.3 Å². The molecule has 0 fully saturated rings. The minimum Gasteiger partial charge on any atom is -0.328 e. The number of aryl methyl sites for hydroxylation is 1. The summed E-state index contributed by atoms with van der Waals surface area (Å²) < 4.78 is 14.2. The standard InChI is InChI=1S/C11H15BrFN/c1-8(14)3-2-4-9-7-10(12)5-6-11(9)13/h5-8H,2-4,14H2,1H3. The first-order valence-electron chi connectivity index (χ1n) is 4.79. The highest BCUT2D eigenvalue weighted by molar-refractivity contribution is 9.10. The topological polar surface area (TPSA) is 26.0 Å². The van der Waals surface area contributed by atoms with Gasteiger partial charge in [0, 0.05) is 10.5 Å². The van der Waals surface area contributed by atoms with Gasteiger partial charge < -0.3 is 5.73 Å². The number of rotatable bonds is 4. The molecule has 0 saturated heterocycles. The molecule has 0 spiro atoms. The summed E-state index contributed by atoms with van der Waals surface area (Å²) in [4.78, 5) is 0. The first kappa shape index (κ1) is 11.7. The Morgan fingerprint density at radius 3 is 2.86 bits per heavy atom. The number of benzene rings is 1. The molecule has 0 amide bonds. The van der Waals surface area contributed by atoms with Gasteiger partial charge in [-0.3, -0.25) is 0 Å². The number of hydrogen-bond acceptors (Lipinski definition) is 1. The van der Waals surface area contributed by atoms with Crippen molar-refractivity contribution in [3.63, 3.8) is 0 Å². The fourth-order valence-corrected chi connectivity index (χ4v) is 1.76. The Balaban J connectivity index is 2.53. The fraction of sp³-hybridized carbons (Fsp3) is 0.455. The molecule has 0 bridgehead atoms. The summed E-state index contributed by atoms with van der Waals surface area (Å²) in [5.41, 5.74) is 6.39. The second-order valence-electron chi connectivity index (χ2n) is 3.61. The summed E-state index contributed by atoms with van der Waals surface area (Å²) >= 11 is 3.33. The molecule has 0 saturated carbocycles. The lowest BCUT2D eigenvalue weighted by Gasteiger charge is -2.06. The molecular weight excluding hydrogens is 245 g/mol. The van der Waals surface area contributed by atoms with Crippen LogP contribution in [-0.4, -0.2) is 6.04 Å². The predicted octanol–water partition coefficient (Wildman–Crippen LogP) is 3.26. The van der Waals surface area contributed by atoms with E-state index >= 15 is 0 Å². The second kappa shape index (κ2) is 5.47. The Morgan fingerprint density at radius 1 is 1.50 bits per heavy atom. The van der Waals surface area contributed by atoms with Gasteiger partial charge in [-0.2, -0.15) is 0 Å². The molecule has 0 aliphatic carbocycles. The second-order valence-corrected chi connectivity index (χ2v) is 4.52. The Kier molecular flexibility index (Phi) is 4.55. The van der Waals surface area contributed by atoms with Crippen LogP contribution in [0.25, 0.3) is 0 Å². The normalized spacial score (nSPS) is 12.9. The van der Waals surface area contributed by atoms with Crippen LogP contribution in [-0.2, 0) is 6.42 Å². The SMILES string of the molecule is CC(N)CCCc1cc(Br)ccc1F. The highest BCUT2D eigenvalue weighted by Crippen LogP contribution is 2.17. The van der Waals surface area contributed by atoms with Crippen molar-refractivity contribution in [3.8, 4) is 0 Å². The van der Waals surface area contributed by atoms with Gasteiger partial charge >= 0.3 is 0 Å². The number of hydrogen-bond donors (Lipinski definition) is 1. The van der Waals surface area contributed by atoms with Crippen molar-refractivity contribution >= 4 is 15.9 Å². The van der Waals surface area contributed by atoms with E-state index < -0.39 is 0 Å². The summed E-state index contributed by atoms with van der Waals surface area (Å²) in [5.74, 6) is -0.127. The molecule has 0 aliphatic heterocycles. The van der Waals surface area contributed by atoms with E-state index in [4.69, 9.17) is 5.73 Å². The van der Waals surface area contributed by atoms with E-state index in [1.807, 2.05) is 13.0 Å². The lowest BCUT2D eigenvalue weighted by Crippen LogP contribution is -2.14. The minimum absolute atomic E-state index is 0.127. The molecule has 0 aliphatic rings. The van der Waals surface area contributed by atoms with E-state index in [-0.39, 0.29) is 11.9 Å². The predicted molar refractivity (Wildman–Crippen MR) is 60.7 cm³/mol. The first-order valence-corrected chi connectivity index (χ1v) is 5.58. The van der Waals surface area contributed by atoms with Crippen molar-refractivity contribution in [3.05, 3.63) is 34.1 Å². The van der Waals surface area contributed by atoms with E-state index in [2.05, 4.69) is 15.9 Å². The average Bonchev–Trinajstić information content (AvgIpc) is 2.10. The maximum atomic E-state index is 13.2. The zero-order valence-electron chi connectivity index (χ0n) is 8.26. The Hall–Kier alpha value is -0.410. The third-order valence-electron chi connectivity index (χ3n) is 2.11. The maximum absolute atomic E-state index is 13.2. The molecule has 2 N–H and O–H groups in total. The van der Waals surface area contributed by atoms with Crippen LogP contribution in [0.15, 0.2) is 22.7 Å². The summed E-state index contributed by atoms with van der Waals surface area (Å²) in [6.07, 6.45) is 2.63. The largest absolute Gasteiger partial charge is 0.328 e. The van der Waals surface area contributed by atoms with Crippen LogP contribution in [0, 0.1) is 5.82 Å². The van der Waals surface area contributed by atoms with Crippen molar-refractivity contribution in [2.24, 2.45) is 5.73 Å². The Bertz CT molecular complexity index is 299. The molecular formula is C11H15BrFN. The van der Waals surface area contributed by atoms with Crippen LogP contribution >= 0.6 is 15.9 Å². The van der Waals surface area contributed by atoms with E-state index in [1.165, 1.54) is 6.07 Å². The monoisotopic (exact) mass is 259 g/mol. The quantitative estimate of drug-likeness (QED) is 0.883. The van der Waals surface area contributed by atoms with Crippen LogP contribution < -0.4 is 5.73 Å². The Morgan fingerprint density at radius 2 is 2.21 bits per heavy atom. The zero-order valence-corrected chi connectivity index (χ0v) is 9.85. The molecule has 3 heteroatoms. The van der Waals surface area contributed by atoms with Gasteiger partial charge in [-0.25, -0.2) is 4.39 Å². The van der Waals surface area contributed by atoms with Gasteiger partial charge in [0.25, 0.3) is 0 Å². The Labute approximate surface area is 92.6 Å². The molecule has 1 atom stereocenters. The summed E-state index contributed by atoms with van der Waals surface area (Å²) in [6.45, 7) is 1.97. The van der Waals surface area contributed by atoms with Crippen LogP contribution in [0.5, 0.6) is 0 Å². The van der Waals surface area contributed by atoms with Crippen LogP contribution in [0.2, 0.25) is 0 Å². The number of halogens is 2. The molecule has 1 nitrogen and oxygen atoms in total. The van der Waals surface area contributed by atoms with E-state index in [9.17, 15) is 4.39 Å². The molecule has 1 unspecified atom stereocenters. The summed E-state index contributed by atoms with van der Waals surface area (Å²) in [6, 6.07) is 5.23. The van der Waals surface area contributed by atoms with Crippen molar-refractivity contribution < 1.29 is 4.39 Å². The third-order valence-corrected chi connectivity index (χ3v) is 2.61. The molecule has 0 radical (unpaired) electrons. The van der Waals surface area contributed by atoms with Gasteiger partial charge in [0.05, 0.1) is 0 Å². The van der Waals surface area contributed by atoms with Gasteiger partial charge in [-0.1, -0.05) is 15.9 Å². The van der Waals surface area contributed by atoms with Crippen molar-refractivity contribution in [1.29, 1.82) is 0 Å². The lowest BCUT2D eigenvalue weighted by molar-refractivity contribution is 0.582. The van der Waals surface area contributed by atoms with Gasteiger partial charge in [-0.15, -0.1) is 0 Å². The minimum atomic E-state index is -0.127. The molecule has 0 heterocycles. The molecule has 1 rings (SSSR count). The maximum Gasteiger partial charge on any atom is 0.126 e. The summed E-state index contributed by atoms with van der Waals surface area (Å²) in [7, 11) is 0. The van der Waals surface area contributed by atoms with Crippen LogP contribution in [0.1, 0.15) is 25.3 Å². The molecule has 1 aromatic carbocycles. The third kappa shape index (κ3) is 3.76. The van der Waals surface area contributed by atoms with E-state index in [1.54, 1.807) is 6.07 Å². The summed E-state index contributed by atoms with van der Waals surface area (Å²) in [5, 5.41) is 0. The molecule has 1 aromatic rings. The van der Waals surface area contributed by atoms with Gasteiger partial charge in [0.2, 0.25) is 0 Å². The number of nitrogens with two attached hydrogens (primary N) is 1. The highest BCUT2D eigenvalue weighted by Gasteiger charge is 2.03. The highest BCUT2D eigenvalue weighted by atomic mass is 79.9. The lowest BCUT2D eigenvalue weighted by atomic mass is 10.1. The van der Waals surface area contributed by atoms with E-state index in [0.29, 0.717) is 0 Å². The van der Waals surface area contributed by atoms with Crippen molar-refractivity contribution in [1.82, 2.24) is 0 Å². The van der Waals surface area contributed by atoms with Gasteiger partial charge in [0.1, 0.15) is 5.82 Å². The zero-order chi connectivity index (χ0) is 10.6. The smallest absolute Gasteiger partial charge is 0.126 e. The molecule has 14 heavy (non-hydrogen) atoms. The first-order chi connectivity index (χ1) is 6.59. The molecule has 0 aromatic heterocycles. The van der Waals surface area contributed by atoms with Crippen molar-refractivity contribution in [2.45, 2.75) is 32.2 Å². The van der Waals surface area contributed by atoms with Crippen LogP contribution in [0.3, 0.4) is 0 Å². The van der Waals surface area contributed by atoms with Gasteiger partial charge in [0.15, 0.2) is 0 Å². The average molecular weight is 260 g/mol. The fourth-order valence-electron chi connectivity index (χ4n) is 1.35. The molecule has 78 valence electrons.